The maximum absolute atomic E-state index is 14.6. The summed E-state index contributed by atoms with van der Waals surface area (Å²) in [4.78, 5) is 18.0. The van der Waals surface area contributed by atoms with Gasteiger partial charge in [0, 0.05) is 13.1 Å². The fourth-order valence-electron chi connectivity index (χ4n) is 5.71. The van der Waals surface area contributed by atoms with Gasteiger partial charge >= 0.3 is 6.03 Å². The zero-order valence-corrected chi connectivity index (χ0v) is 24.0. The van der Waals surface area contributed by atoms with Crippen LogP contribution in [0.3, 0.4) is 0 Å². The molecule has 226 valence electrons. The van der Waals surface area contributed by atoms with E-state index in [1.807, 2.05) is 109 Å². The lowest BCUT2D eigenvalue weighted by molar-refractivity contribution is -0.0408. The van der Waals surface area contributed by atoms with Crippen LogP contribution in [0.15, 0.2) is 109 Å². The molecule has 1 heterocycles. The number of benzene rings is 4. The summed E-state index contributed by atoms with van der Waals surface area (Å²) in [5.41, 5.74) is 5.16. The smallest absolute Gasteiger partial charge is 0.321 e. The molecule has 8 nitrogen and oxygen atoms in total. The van der Waals surface area contributed by atoms with Gasteiger partial charge in [-0.2, -0.15) is 0 Å². The average molecular weight is 585 g/mol. The van der Waals surface area contributed by atoms with E-state index < -0.39 is 24.3 Å². The molecule has 4 aromatic rings. The van der Waals surface area contributed by atoms with Gasteiger partial charge in [0.25, 0.3) is 0 Å². The quantitative estimate of drug-likeness (QED) is 0.227. The van der Waals surface area contributed by atoms with Crippen LogP contribution in [0.25, 0.3) is 0 Å². The second-order valence-electron chi connectivity index (χ2n) is 11.0. The van der Waals surface area contributed by atoms with Crippen molar-refractivity contribution in [2.45, 2.75) is 63.4 Å². The van der Waals surface area contributed by atoms with E-state index >= 15 is 0 Å². The summed E-state index contributed by atoms with van der Waals surface area (Å²) in [5.74, 6) is 0. The van der Waals surface area contributed by atoms with Crippen molar-refractivity contribution < 1.29 is 30.7 Å². The van der Waals surface area contributed by atoms with Crippen LogP contribution in [0.4, 0.5) is 4.79 Å². The highest BCUT2D eigenvalue weighted by Gasteiger charge is 2.46. The van der Waals surface area contributed by atoms with Gasteiger partial charge in [0.15, 0.2) is 0 Å². The number of amides is 2. The number of nitrogens with zero attached hydrogens (tertiary/aromatic N) is 2. The van der Waals surface area contributed by atoms with E-state index in [0.717, 1.165) is 33.4 Å². The van der Waals surface area contributed by atoms with Crippen molar-refractivity contribution in [1.29, 1.82) is 0 Å². The van der Waals surface area contributed by atoms with Gasteiger partial charge in [-0.15, -0.1) is 0 Å². The van der Waals surface area contributed by atoms with Crippen LogP contribution < -0.4 is 0 Å². The highest BCUT2D eigenvalue weighted by molar-refractivity contribution is 5.76. The summed E-state index contributed by atoms with van der Waals surface area (Å²) >= 11 is 0. The van der Waals surface area contributed by atoms with Gasteiger partial charge in [-0.1, -0.05) is 109 Å². The molecule has 1 aliphatic heterocycles. The number of rotatable bonds is 10. The molecule has 1 saturated heterocycles. The normalized spacial score (nSPS) is 20.4. The standard InChI is InChI=1S/C35H38N2O5.H2O/c38-23-29-15-11-27(12-16-29)21-36-31(19-25-7-3-1-4-8-25)33(40)34(41)32(20-26-9-5-2-6-10-26)37(35(36)42)22-28-13-17-30(24-39)18-14-28;/h1-18,31-34,38-41H,19-24H2;1H2/t31-,32-,33+,34+;/m1./s1. The number of aliphatic hydroxyl groups excluding tert-OH is 4. The third kappa shape index (κ3) is 7.67. The van der Waals surface area contributed by atoms with E-state index in [9.17, 15) is 25.2 Å². The molecule has 6 N–H and O–H groups in total. The summed E-state index contributed by atoms with van der Waals surface area (Å²) in [5, 5.41) is 42.6. The van der Waals surface area contributed by atoms with Crippen molar-refractivity contribution >= 4 is 6.03 Å². The Morgan fingerprint density at radius 1 is 0.488 bits per heavy atom. The molecule has 4 aromatic carbocycles. The molecule has 8 heteroatoms. The average Bonchev–Trinajstić information content (AvgIpc) is 3.10. The molecule has 0 spiro atoms. The highest BCUT2D eigenvalue weighted by atomic mass is 16.3. The molecular weight excluding hydrogens is 544 g/mol. The van der Waals surface area contributed by atoms with E-state index in [1.54, 1.807) is 9.80 Å². The Labute approximate surface area is 252 Å². The van der Waals surface area contributed by atoms with Gasteiger partial charge in [-0.05, 0) is 46.2 Å². The topological polar surface area (TPSA) is 136 Å². The van der Waals surface area contributed by atoms with E-state index in [-0.39, 0.29) is 37.8 Å². The zero-order valence-electron chi connectivity index (χ0n) is 24.0. The molecule has 2 amide bonds. The Morgan fingerprint density at radius 2 is 0.814 bits per heavy atom. The predicted octanol–water partition coefficient (Wildman–Crippen LogP) is 3.23. The van der Waals surface area contributed by atoms with Gasteiger partial charge in [0.05, 0.1) is 25.3 Å². The van der Waals surface area contributed by atoms with Gasteiger partial charge in [0.2, 0.25) is 0 Å². The van der Waals surface area contributed by atoms with Crippen LogP contribution in [0.5, 0.6) is 0 Å². The van der Waals surface area contributed by atoms with Crippen molar-refractivity contribution in [2.24, 2.45) is 0 Å². The second-order valence-corrected chi connectivity index (χ2v) is 11.0. The lowest BCUT2D eigenvalue weighted by Gasteiger charge is -2.36. The van der Waals surface area contributed by atoms with Crippen molar-refractivity contribution in [3.05, 3.63) is 143 Å². The lowest BCUT2D eigenvalue weighted by Crippen LogP contribution is -2.50. The SMILES string of the molecule is O.O=C1N(Cc2ccc(CO)cc2)[C@H](Cc2ccccc2)[C@H](O)[C@@H](O)[C@@H](Cc2ccccc2)N1Cc1ccc(CO)cc1. The molecule has 0 aliphatic carbocycles. The summed E-state index contributed by atoms with van der Waals surface area (Å²) in [7, 11) is 0. The number of carbonyl (C=O) groups is 1. The molecule has 0 bridgehead atoms. The van der Waals surface area contributed by atoms with E-state index in [2.05, 4.69) is 0 Å². The molecule has 0 aromatic heterocycles. The minimum absolute atomic E-state index is 0. The fourth-order valence-corrected chi connectivity index (χ4v) is 5.71. The van der Waals surface area contributed by atoms with Gasteiger partial charge < -0.3 is 35.7 Å². The largest absolute Gasteiger partial charge is 0.412 e. The minimum atomic E-state index is -1.21. The number of hydrogen-bond acceptors (Lipinski definition) is 5. The van der Waals surface area contributed by atoms with Gasteiger partial charge in [-0.3, -0.25) is 0 Å². The third-order valence-corrected chi connectivity index (χ3v) is 8.12. The summed E-state index contributed by atoms with van der Waals surface area (Å²) in [6, 6.07) is 32.6. The van der Waals surface area contributed by atoms with Crippen molar-refractivity contribution in [3.63, 3.8) is 0 Å². The zero-order chi connectivity index (χ0) is 29.5. The molecule has 0 saturated carbocycles. The Kier molecular flexibility index (Phi) is 11.1. The van der Waals surface area contributed by atoms with Crippen molar-refractivity contribution in [1.82, 2.24) is 9.80 Å². The number of carbonyl (C=O) groups excluding carboxylic acids is 1. The van der Waals surface area contributed by atoms with E-state index in [0.29, 0.717) is 12.8 Å². The Balaban J connectivity index is 0.00000423. The maximum Gasteiger partial charge on any atom is 0.321 e. The monoisotopic (exact) mass is 584 g/mol. The van der Waals surface area contributed by atoms with Crippen LogP contribution >= 0.6 is 0 Å². The molecule has 0 unspecified atom stereocenters. The van der Waals surface area contributed by atoms with Crippen LogP contribution in [0.2, 0.25) is 0 Å². The van der Waals surface area contributed by atoms with Crippen molar-refractivity contribution in [3.8, 4) is 0 Å². The highest BCUT2D eigenvalue weighted by Crippen LogP contribution is 2.30. The molecule has 0 radical (unpaired) electrons. The molecule has 4 atom stereocenters. The first-order valence-corrected chi connectivity index (χ1v) is 14.4. The maximum atomic E-state index is 14.6. The molecule has 5 rings (SSSR count). The van der Waals surface area contributed by atoms with Gasteiger partial charge in [0.1, 0.15) is 12.2 Å². The Bertz CT molecular complexity index is 1310. The summed E-state index contributed by atoms with van der Waals surface area (Å²) in [6.45, 7) is 0.302. The first-order chi connectivity index (χ1) is 20.5. The number of hydrogen-bond donors (Lipinski definition) is 4. The summed E-state index contributed by atoms with van der Waals surface area (Å²) < 4.78 is 0. The second kappa shape index (κ2) is 14.9. The fraction of sp³-hybridized carbons (Fsp3) is 0.286. The summed E-state index contributed by atoms with van der Waals surface area (Å²) in [6.07, 6.45) is -1.67. The van der Waals surface area contributed by atoms with E-state index in [4.69, 9.17) is 0 Å². The molecular formula is C35H40N2O6. The van der Waals surface area contributed by atoms with E-state index in [1.165, 1.54) is 0 Å². The predicted molar refractivity (Wildman–Crippen MR) is 165 cm³/mol. The van der Waals surface area contributed by atoms with Crippen LogP contribution in [-0.4, -0.2) is 66.0 Å². The van der Waals surface area contributed by atoms with Crippen LogP contribution in [-0.2, 0) is 39.1 Å². The first-order valence-electron chi connectivity index (χ1n) is 14.4. The number of urea groups is 1. The Morgan fingerprint density at radius 3 is 1.14 bits per heavy atom. The third-order valence-electron chi connectivity index (χ3n) is 8.12. The molecule has 43 heavy (non-hydrogen) atoms. The van der Waals surface area contributed by atoms with Crippen molar-refractivity contribution in [2.75, 3.05) is 0 Å². The first kappa shape index (κ1) is 31.9. The van der Waals surface area contributed by atoms with Crippen LogP contribution in [0.1, 0.15) is 33.4 Å². The minimum Gasteiger partial charge on any atom is -0.412 e. The Hall–Kier alpha value is -4.05. The van der Waals surface area contributed by atoms with Gasteiger partial charge in [-0.25, -0.2) is 4.79 Å². The number of aliphatic hydroxyl groups is 4. The van der Waals surface area contributed by atoms with Crippen LogP contribution in [0, 0.1) is 0 Å². The lowest BCUT2D eigenvalue weighted by atomic mass is 9.91. The molecule has 1 fully saturated rings. The molecule has 1 aliphatic rings.